The molecule has 15 heavy (non-hydrogen) atoms. The van der Waals surface area contributed by atoms with Crippen LogP contribution in [0, 0.1) is 0 Å². The number of hydrogen-bond donors (Lipinski definition) is 1. The van der Waals surface area contributed by atoms with Gasteiger partial charge < -0.3 is 5.73 Å². The van der Waals surface area contributed by atoms with Gasteiger partial charge in [-0.3, -0.25) is 0 Å². The van der Waals surface area contributed by atoms with Gasteiger partial charge >= 0.3 is 0 Å². The molecule has 1 aromatic rings. The summed E-state index contributed by atoms with van der Waals surface area (Å²) >= 11 is 7.14. The van der Waals surface area contributed by atoms with Gasteiger partial charge in [-0.2, -0.15) is 4.48 Å². The maximum atomic E-state index is 5.78. The highest BCUT2D eigenvalue weighted by molar-refractivity contribution is 8.23. The highest BCUT2D eigenvalue weighted by Gasteiger charge is 2.61. The molecular formula is C11H11N2S2+. The molecule has 0 fully saturated rings. The van der Waals surface area contributed by atoms with Gasteiger partial charge in [0.1, 0.15) is 0 Å². The van der Waals surface area contributed by atoms with E-state index in [9.17, 15) is 0 Å². The van der Waals surface area contributed by atoms with Gasteiger partial charge in [0, 0.05) is 25.6 Å². The highest BCUT2D eigenvalue weighted by atomic mass is 32.2. The number of rotatable bonds is 0. The van der Waals surface area contributed by atoms with E-state index in [1.807, 2.05) is 12.1 Å². The molecule has 0 bridgehead atoms. The van der Waals surface area contributed by atoms with Crippen molar-refractivity contribution in [1.82, 2.24) is 4.48 Å². The van der Waals surface area contributed by atoms with Crippen molar-refractivity contribution in [3.8, 4) is 0 Å². The van der Waals surface area contributed by atoms with Crippen molar-refractivity contribution in [3.63, 3.8) is 0 Å². The molecular weight excluding hydrogens is 224 g/mol. The van der Waals surface area contributed by atoms with Crippen LogP contribution in [0.3, 0.4) is 0 Å². The van der Waals surface area contributed by atoms with Crippen LogP contribution in [-0.4, -0.2) is 4.32 Å². The van der Waals surface area contributed by atoms with Crippen LogP contribution in [-0.2, 0) is 0 Å². The first-order valence-corrected chi connectivity index (χ1v) is 6.01. The minimum absolute atomic E-state index is 0.732. The molecule has 2 N–H and O–H groups in total. The summed E-state index contributed by atoms with van der Waals surface area (Å²) in [4.78, 5) is 1.20. The number of thiocarbonyl (C=S) groups is 1. The molecule has 1 aromatic carbocycles. The summed E-state index contributed by atoms with van der Waals surface area (Å²) in [6.45, 7) is 4.29. The number of nitrogens with two attached hydrogens (primary N) is 1. The van der Waals surface area contributed by atoms with E-state index in [0.717, 1.165) is 14.5 Å². The largest absolute Gasteiger partial charge is 0.399 e. The molecule has 0 saturated carbocycles. The molecule has 2 aliphatic heterocycles. The van der Waals surface area contributed by atoms with Gasteiger partial charge in [0.15, 0.2) is 17.1 Å². The monoisotopic (exact) mass is 235 g/mol. The Kier molecular flexibility index (Phi) is 1.65. The van der Waals surface area contributed by atoms with Crippen molar-refractivity contribution in [1.29, 1.82) is 0 Å². The topological polar surface area (TPSA) is 26.0 Å². The quantitative estimate of drug-likeness (QED) is 0.323. The summed E-state index contributed by atoms with van der Waals surface area (Å²) in [5, 5.41) is 0. The minimum atomic E-state index is 0.732. The van der Waals surface area contributed by atoms with Crippen molar-refractivity contribution in [2.75, 3.05) is 5.73 Å². The van der Waals surface area contributed by atoms with Gasteiger partial charge in [-0.15, -0.1) is 0 Å². The summed E-state index contributed by atoms with van der Waals surface area (Å²) in [7, 11) is 0. The molecule has 4 heteroatoms. The Morgan fingerprint density at radius 3 is 2.53 bits per heavy atom. The third kappa shape index (κ3) is 0.922. The maximum absolute atomic E-state index is 5.78. The van der Waals surface area contributed by atoms with E-state index in [2.05, 4.69) is 19.9 Å². The zero-order valence-electron chi connectivity index (χ0n) is 8.57. The Balaban J connectivity index is 2.21. The number of fused-ring (bicyclic) bond motifs is 2. The van der Waals surface area contributed by atoms with Crippen molar-refractivity contribution >= 4 is 39.7 Å². The first-order chi connectivity index (χ1) is 7.08. The molecule has 1 spiro atoms. The number of allylic oxidation sites excluding steroid dienone is 2. The number of nitrogens with zero attached hydrogens (tertiary/aromatic N) is 1. The van der Waals surface area contributed by atoms with Gasteiger partial charge in [0.25, 0.3) is 4.32 Å². The molecule has 0 aliphatic carbocycles. The van der Waals surface area contributed by atoms with E-state index in [4.69, 9.17) is 18.0 Å². The summed E-state index contributed by atoms with van der Waals surface area (Å²) in [5.74, 6) is 0. The second-order valence-electron chi connectivity index (χ2n) is 3.94. The number of thioether (sulfide) groups is 1. The van der Waals surface area contributed by atoms with Crippen LogP contribution in [0.4, 0.5) is 11.4 Å². The second-order valence-corrected chi connectivity index (χ2v) is 5.61. The standard InChI is InChI=1S/C11H11N2S2/c1-6-7(2)13(6)9-4-3-8(12)5-10(9)15-11(13)14/h3-5H,12H2,1-2H3/q+1. The first kappa shape index (κ1) is 9.39. The molecule has 0 saturated heterocycles. The number of hydrogen-bond acceptors (Lipinski definition) is 3. The SMILES string of the molecule is CC1=C(C)[N+]12C(=S)Sc1cc(N)ccc12. The van der Waals surface area contributed by atoms with E-state index in [1.54, 1.807) is 11.8 Å². The normalized spacial score (nSPS) is 21.1. The van der Waals surface area contributed by atoms with Crippen LogP contribution >= 0.6 is 24.0 Å². The molecule has 76 valence electrons. The van der Waals surface area contributed by atoms with Crippen LogP contribution < -0.4 is 10.2 Å². The van der Waals surface area contributed by atoms with Crippen LogP contribution in [0.25, 0.3) is 0 Å². The van der Waals surface area contributed by atoms with E-state index in [-0.39, 0.29) is 0 Å². The Labute approximate surface area is 98.3 Å². The molecule has 2 nitrogen and oxygen atoms in total. The smallest absolute Gasteiger partial charge is 0.253 e. The van der Waals surface area contributed by atoms with Crippen LogP contribution in [0.15, 0.2) is 34.5 Å². The lowest BCUT2D eigenvalue weighted by Gasteiger charge is -2.12. The van der Waals surface area contributed by atoms with Gasteiger partial charge in [-0.1, -0.05) is 0 Å². The molecule has 3 rings (SSSR count). The Morgan fingerprint density at radius 1 is 1.27 bits per heavy atom. The van der Waals surface area contributed by atoms with Crippen molar-refractivity contribution < 1.29 is 0 Å². The molecule has 0 radical (unpaired) electrons. The minimum Gasteiger partial charge on any atom is -0.399 e. The fourth-order valence-corrected chi connectivity index (χ4v) is 4.13. The zero-order valence-corrected chi connectivity index (χ0v) is 10.2. The summed E-state index contributed by atoms with van der Waals surface area (Å²) in [5.41, 5.74) is 10.6. The van der Waals surface area contributed by atoms with Gasteiger partial charge in [0.05, 0.1) is 4.90 Å². The lowest BCUT2D eigenvalue weighted by Crippen LogP contribution is -2.29. The number of quaternary nitrogens is 1. The predicted octanol–water partition coefficient (Wildman–Crippen LogP) is 3.23. The lowest BCUT2D eigenvalue weighted by atomic mass is 10.2. The summed E-state index contributed by atoms with van der Waals surface area (Å²) in [6, 6.07) is 6.06. The molecule has 0 amide bonds. The summed E-state index contributed by atoms with van der Waals surface area (Å²) in [6.07, 6.45) is 0. The highest BCUT2D eigenvalue weighted by Crippen LogP contribution is 2.59. The average molecular weight is 235 g/mol. The van der Waals surface area contributed by atoms with Crippen LogP contribution in [0.2, 0.25) is 0 Å². The third-order valence-electron chi connectivity index (χ3n) is 3.30. The molecule has 0 aromatic heterocycles. The fourth-order valence-electron chi connectivity index (χ4n) is 2.28. The fraction of sp³-hybridized carbons (Fsp3) is 0.182. The van der Waals surface area contributed by atoms with E-state index >= 15 is 0 Å². The number of anilines is 1. The molecule has 0 atom stereocenters. The zero-order chi connectivity index (χ0) is 10.8. The van der Waals surface area contributed by atoms with Crippen LogP contribution in [0.5, 0.6) is 0 Å². The third-order valence-corrected chi connectivity index (χ3v) is 4.82. The Morgan fingerprint density at radius 2 is 1.93 bits per heavy atom. The van der Waals surface area contributed by atoms with E-state index in [0.29, 0.717) is 0 Å². The lowest BCUT2D eigenvalue weighted by molar-refractivity contribution is 0.796. The van der Waals surface area contributed by atoms with E-state index in [1.165, 1.54) is 22.0 Å². The van der Waals surface area contributed by atoms with Gasteiger partial charge in [0.2, 0.25) is 0 Å². The Hall–Kier alpha value is -0.840. The second kappa shape index (κ2) is 2.64. The molecule has 2 aliphatic rings. The average Bonchev–Trinajstić information content (AvgIpc) is 2.62. The molecule has 2 heterocycles. The first-order valence-electron chi connectivity index (χ1n) is 4.78. The van der Waals surface area contributed by atoms with Crippen molar-refractivity contribution in [2.24, 2.45) is 0 Å². The number of nitrogen functional groups attached to an aromatic ring is 1. The predicted molar refractivity (Wildman–Crippen MR) is 69.5 cm³/mol. The molecule has 0 unspecified atom stereocenters. The summed E-state index contributed by atoms with van der Waals surface area (Å²) < 4.78 is 1.74. The van der Waals surface area contributed by atoms with E-state index < -0.39 is 0 Å². The maximum Gasteiger partial charge on any atom is 0.253 e. The number of benzene rings is 1. The van der Waals surface area contributed by atoms with Crippen molar-refractivity contribution in [2.45, 2.75) is 18.7 Å². The van der Waals surface area contributed by atoms with Gasteiger partial charge in [-0.25, -0.2) is 0 Å². The van der Waals surface area contributed by atoms with Crippen molar-refractivity contribution in [3.05, 3.63) is 29.6 Å². The Bertz CT molecular complexity index is 519. The van der Waals surface area contributed by atoms with Crippen LogP contribution in [0.1, 0.15) is 13.8 Å². The van der Waals surface area contributed by atoms with Gasteiger partial charge in [-0.05, 0) is 36.1 Å².